The zero-order valence-electron chi connectivity index (χ0n) is 34.1. The average molecular weight is 1160 g/mol. The number of fused-ring (bicyclic) bond motifs is 12. The van der Waals surface area contributed by atoms with Crippen LogP contribution in [-0.4, -0.2) is 45.8 Å². The van der Waals surface area contributed by atoms with Crippen molar-refractivity contribution in [3.63, 3.8) is 0 Å². The molecule has 8 aliphatic rings. The van der Waals surface area contributed by atoms with Gasteiger partial charge in [0.15, 0.2) is 0 Å². The molecule has 0 aliphatic carbocycles. The molecule has 0 saturated heterocycles. The first kappa shape index (κ1) is 42.5. The van der Waals surface area contributed by atoms with Crippen molar-refractivity contribution in [1.29, 1.82) is 0 Å². The Labute approximate surface area is 390 Å². The molecule has 10 heteroatoms. The Bertz CT molecular complexity index is 2250. The van der Waals surface area contributed by atoms with Gasteiger partial charge in [-0.15, -0.1) is 34.9 Å². The second-order valence-corrected chi connectivity index (χ2v) is 16.1. The molecule has 0 aromatic heterocycles. The zero-order chi connectivity index (χ0) is 39.8. The number of hydrogen-bond acceptors (Lipinski definition) is 8. The second kappa shape index (κ2) is 18.4. The molecule has 310 valence electrons. The number of rotatable bonds is 0. The largest absolute Gasteiger partial charge is 4.00 e. The van der Waals surface area contributed by atoms with E-state index in [1.165, 1.54) is 22.3 Å². The van der Waals surface area contributed by atoms with Crippen molar-refractivity contribution in [2.75, 3.05) is 45.8 Å². The molecule has 0 atom stereocenters. The molecule has 13 rings (SSSR count). The smallest absolute Gasteiger partial charge is 0.507 e. The van der Waals surface area contributed by atoms with Crippen molar-refractivity contribution < 1.29 is 42.1 Å². The maximum absolute atomic E-state index is 3.63. The summed E-state index contributed by atoms with van der Waals surface area (Å²) in [6.07, 6.45) is 18.7. The summed E-state index contributed by atoms with van der Waals surface area (Å²) in [5, 5.41) is 0. The molecule has 0 saturated carbocycles. The molecule has 5 aromatic carbocycles. The van der Waals surface area contributed by atoms with Crippen LogP contribution < -0.4 is 19.6 Å². The monoisotopic (exact) mass is 1160 g/mol. The summed E-state index contributed by atoms with van der Waals surface area (Å²) in [7, 11) is 0. The van der Waals surface area contributed by atoms with Gasteiger partial charge in [-0.25, -0.2) is 0 Å². The fraction of sp³-hybridized carbons (Fsp3) is 0.176. The first-order chi connectivity index (χ1) is 28.9. The molecule has 61 heavy (non-hydrogen) atoms. The van der Waals surface area contributed by atoms with Crippen molar-refractivity contribution >= 4 is 22.7 Å². The van der Waals surface area contributed by atoms with Crippen LogP contribution in [0.1, 0.15) is 47.2 Å². The maximum Gasteiger partial charge on any atom is 4.00 e. The maximum atomic E-state index is 3.63. The van der Waals surface area contributed by atoms with Crippen LogP contribution in [0.15, 0.2) is 147 Å². The van der Waals surface area contributed by atoms with Crippen LogP contribution in [-0.2, 0) is 60.4 Å². The van der Waals surface area contributed by atoms with Crippen LogP contribution in [0.2, 0.25) is 0 Å². The molecule has 0 spiro atoms. The van der Waals surface area contributed by atoms with Gasteiger partial charge in [0.2, 0.25) is 0 Å². The van der Waals surface area contributed by atoms with E-state index in [0.29, 0.717) is 0 Å². The molecule has 5 aromatic rings. The summed E-state index contributed by atoms with van der Waals surface area (Å²) in [6.45, 7) is 16.6. The SMILES string of the molecule is CC1(C)c2[c-]c(ccc2)N2C=CN([CH-]2)CCN2C=CN([CH-]2)c2[c-]c1ccc2.[Pt+4].[Pt+4].[c-]1cc2ccc1N1C=CN([CH-]1)CCN1C=CN([CH-]1)c1[c-]cc(cc1)Cc1cccc(c1)C2. The fourth-order valence-corrected chi connectivity index (χ4v) is 7.99. The summed E-state index contributed by atoms with van der Waals surface area (Å²) in [4.78, 5) is 17.4. The van der Waals surface area contributed by atoms with Crippen LogP contribution in [0.3, 0.4) is 0 Å². The van der Waals surface area contributed by atoms with Gasteiger partial charge in [0, 0.05) is 26.2 Å². The van der Waals surface area contributed by atoms with Gasteiger partial charge in [-0.05, 0) is 67.9 Å². The standard InChI is InChI=1S/C28H24N4.C23H22N4.2Pt/c1-2-25-18-23-4-8-27(9-5-23)31-16-14-29(21-31)12-13-30-15-17-32(22-30)28-10-6-24(7-11-28)19-26(3-1)20-25;1-23(2)19-5-3-7-21(15-19)26-13-11-24(17-26)9-10-25-12-14-27(18-25)22-8-4-6-20(23)16-22;;/h1-8,10,14-17,20-22H,12-13,18-19H2;3-8,11-14,17-18H,9-10H2,1-2H3;;/q2*-4;2*+4. The quantitative estimate of drug-likeness (QED) is 0.142. The summed E-state index contributed by atoms with van der Waals surface area (Å²) >= 11 is 0. The normalized spacial score (nSPS) is 18.0. The first-order valence-corrected chi connectivity index (χ1v) is 20.3. The van der Waals surface area contributed by atoms with Crippen LogP contribution >= 0.6 is 0 Å². The predicted octanol–water partition coefficient (Wildman–Crippen LogP) is 8.95. The Morgan fingerprint density at radius 3 is 1.18 bits per heavy atom. The Morgan fingerprint density at radius 1 is 0.426 bits per heavy atom. The van der Waals surface area contributed by atoms with E-state index >= 15 is 0 Å². The van der Waals surface area contributed by atoms with Gasteiger partial charge in [-0.1, -0.05) is 49.2 Å². The number of benzene rings is 5. The van der Waals surface area contributed by atoms with Crippen molar-refractivity contribution in [1.82, 2.24) is 19.6 Å². The molecule has 0 unspecified atom stereocenters. The summed E-state index contributed by atoms with van der Waals surface area (Å²) < 4.78 is 0. The van der Waals surface area contributed by atoms with E-state index in [9.17, 15) is 0 Å². The predicted molar refractivity (Wildman–Crippen MR) is 236 cm³/mol. The Balaban J connectivity index is 0.000000165. The van der Waals surface area contributed by atoms with Crippen molar-refractivity contribution in [3.8, 4) is 0 Å². The van der Waals surface area contributed by atoms with Gasteiger partial charge in [-0.2, -0.15) is 134 Å². The molecule has 0 N–H and O–H groups in total. The van der Waals surface area contributed by atoms with Gasteiger partial charge >= 0.3 is 42.1 Å². The molecule has 8 heterocycles. The molecular weight excluding hydrogens is 1110 g/mol. The summed E-state index contributed by atoms with van der Waals surface area (Å²) in [5.74, 6) is 0. The zero-order valence-corrected chi connectivity index (χ0v) is 38.7. The minimum absolute atomic E-state index is 0. The minimum Gasteiger partial charge on any atom is -0.507 e. The molecule has 0 amide bonds. The fourth-order valence-electron chi connectivity index (χ4n) is 7.99. The molecule has 0 radical (unpaired) electrons. The first-order valence-electron chi connectivity index (χ1n) is 20.3. The van der Waals surface area contributed by atoms with Gasteiger partial charge < -0.3 is 39.2 Å². The van der Waals surface area contributed by atoms with Crippen molar-refractivity contribution in [3.05, 3.63) is 231 Å². The Kier molecular flexibility index (Phi) is 12.9. The van der Waals surface area contributed by atoms with Crippen LogP contribution in [0.5, 0.6) is 0 Å². The molecular formula is C51H46N8Pt2. The van der Waals surface area contributed by atoms with Crippen LogP contribution in [0, 0.1) is 50.9 Å². The number of anilines is 4. The third-order valence-electron chi connectivity index (χ3n) is 11.5. The number of hydrogen-bond donors (Lipinski definition) is 0. The molecule has 8 nitrogen and oxygen atoms in total. The minimum atomic E-state index is -0.196. The van der Waals surface area contributed by atoms with E-state index in [2.05, 4.69) is 251 Å². The van der Waals surface area contributed by atoms with Crippen molar-refractivity contribution in [2.45, 2.75) is 32.1 Å². The van der Waals surface area contributed by atoms with E-state index in [1.807, 2.05) is 0 Å². The van der Waals surface area contributed by atoms with Crippen LogP contribution in [0.25, 0.3) is 0 Å². The third-order valence-corrected chi connectivity index (χ3v) is 11.5. The van der Waals surface area contributed by atoms with E-state index in [0.717, 1.165) is 72.9 Å². The molecule has 18 bridgehead atoms. The van der Waals surface area contributed by atoms with E-state index < -0.39 is 0 Å². The summed E-state index contributed by atoms with van der Waals surface area (Å²) in [5.41, 5.74) is 11.5. The Hall–Kier alpha value is -5.16. The van der Waals surface area contributed by atoms with Gasteiger partial charge in [-0.3, -0.25) is 0 Å². The second-order valence-electron chi connectivity index (χ2n) is 16.1. The number of nitrogens with zero attached hydrogens (tertiary/aromatic N) is 8. The van der Waals surface area contributed by atoms with E-state index in [1.54, 1.807) is 0 Å². The van der Waals surface area contributed by atoms with Gasteiger partial charge in [0.1, 0.15) is 0 Å². The molecule has 0 fully saturated rings. The van der Waals surface area contributed by atoms with Gasteiger partial charge in [0.25, 0.3) is 0 Å². The Morgan fingerprint density at radius 2 is 0.803 bits per heavy atom. The molecule has 8 aliphatic heterocycles. The van der Waals surface area contributed by atoms with E-state index in [-0.39, 0.29) is 47.5 Å². The van der Waals surface area contributed by atoms with Crippen LogP contribution in [0.4, 0.5) is 22.7 Å². The third kappa shape index (κ3) is 9.52. The van der Waals surface area contributed by atoms with Crippen molar-refractivity contribution in [2.24, 2.45) is 0 Å². The average Bonchev–Trinajstić information content (AvgIpc) is 4.11. The van der Waals surface area contributed by atoms with Gasteiger partial charge in [0.05, 0.1) is 0 Å². The topological polar surface area (TPSA) is 25.9 Å². The van der Waals surface area contributed by atoms with E-state index in [4.69, 9.17) is 0 Å². The summed E-state index contributed by atoms with van der Waals surface area (Å²) in [6, 6.07) is 48.7.